The van der Waals surface area contributed by atoms with E-state index in [0.717, 1.165) is 6.42 Å². The number of hydrogen-bond donors (Lipinski definition) is 2. The number of amides is 1. The van der Waals surface area contributed by atoms with Crippen molar-refractivity contribution < 1.29 is 28.6 Å². The van der Waals surface area contributed by atoms with Gasteiger partial charge in [0.1, 0.15) is 0 Å². The van der Waals surface area contributed by atoms with Gasteiger partial charge in [-0.25, -0.2) is 9.59 Å². The van der Waals surface area contributed by atoms with E-state index in [1.54, 1.807) is 31.4 Å². The summed E-state index contributed by atoms with van der Waals surface area (Å²) in [6.45, 7) is 4.07. The first kappa shape index (κ1) is 19.5. The summed E-state index contributed by atoms with van der Waals surface area (Å²) in [6, 6.07) is 6.58. The molecule has 2 N–H and O–H groups in total. The van der Waals surface area contributed by atoms with Gasteiger partial charge in [-0.05, 0) is 30.7 Å². The Morgan fingerprint density at radius 2 is 1.77 bits per heavy atom. The minimum absolute atomic E-state index is 0.187. The molecule has 1 aliphatic rings. The number of ether oxygens (including phenoxy) is 3. The molecule has 0 radical (unpaired) electrons. The molecular formula is C18H22N2O6. The maximum Gasteiger partial charge on any atom is 0.350 e. The number of methoxy groups -OCH3 is 1. The van der Waals surface area contributed by atoms with Gasteiger partial charge in [0.2, 0.25) is 0 Å². The van der Waals surface area contributed by atoms with Gasteiger partial charge in [-0.1, -0.05) is 0 Å². The molecule has 8 nitrogen and oxygen atoms in total. The summed E-state index contributed by atoms with van der Waals surface area (Å²) in [5, 5.41) is 5.60. The second-order valence-electron chi connectivity index (χ2n) is 6.06. The van der Waals surface area contributed by atoms with Crippen LogP contribution >= 0.6 is 0 Å². The Morgan fingerprint density at radius 3 is 2.35 bits per heavy atom. The van der Waals surface area contributed by atoms with Crippen molar-refractivity contribution in [1.82, 2.24) is 5.32 Å². The lowest BCUT2D eigenvalue weighted by Gasteiger charge is -2.29. The molecule has 2 rings (SSSR count). The summed E-state index contributed by atoms with van der Waals surface area (Å²) in [6.07, 6.45) is 1.96. The Kier molecular flexibility index (Phi) is 6.35. The zero-order chi connectivity index (χ0) is 19.2. The molecule has 1 aromatic carbocycles. The Labute approximate surface area is 151 Å². The summed E-state index contributed by atoms with van der Waals surface area (Å²) < 4.78 is 14.9. The van der Waals surface area contributed by atoms with E-state index >= 15 is 0 Å². The van der Waals surface area contributed by atoms with E-state index in [4.69, 9.17) is 14.2 Å². The molecule has 140 valence electrons. The van der Waals surface area contributed by atoms with Gasteiger partial charge in [-0.2, -0.15) is 0 Å². The van der Waals surface area contributed by atoms with E-state index in [1.165, 1.54) is 20.0 Å². The molecule has 0 saturated carbocycles. The van der Waals surface area contributed by atoms with Crippen LogP contribution in [0.4, 0.5) is 5.69 Å². The Balaban J connectivity index is 1.94. The first-order valence-corrected chi connectivity index (χ1v) is 8.13. The molecule has 0 aliphatic carbocycles. The van der Waals surface area contributed by atoms with Crippen LogP contribution < -0.4 is 10.6 Å². The van der Waals surface area contributed by atoms with Crippen molar-refractivity contribution in [1.29, 1.82) is 0 Å². The van der Waals surface area contributed by atoms with E-state index in [1.807, 2.05) is 0 Å². The van der Waals surface area contributed by atoms with Crippen molar-refractivity contribution >= 4 is 23.5 Å². The summed E-state index contributed by atoms with van der Waals surface area (Å²) in [4.78, 5) is 35.6. The molecule has 1 aliphatic heterocycles. The van der Waals surface area contributed by atoms with Gasteiger partial charge >= 0.3 is 11.9 Å². The number of hydrogen-bond acceptors (Lipinski definition) is 7. The van der Waals surface area contributed by atoms with E-state index < -0.39 is 17.7 Å². The van der Waals surface area contributed by atoms with Crippen molar-refractivity contribution in [3.63, 3.8) is 0 Å². The minimum Gasteiger partial charge on any atom is -0.419 e. The highest BCUT2D eigenvalue weighted by molar-refractivity contribution is 6.15. The summed E-state index contributed by atoms with van der Waals surface area (Å²) in [5.74, 6) is -2.98. The van der Waals surface area contributed by atoms with Crippen LogP contribution in [0.5, 0.6) is 0 Å². The highest BCUT2D eigenvalue weighted by Gasteiger charge is 2.38. The van der Waals surface area contributed by atoms with Crippen molar-refractivity contribution in [2.75, 3.05) is 25.6 Å². The number of carbonyl (C=O) groups is 3. The Morgan fingerprint density at radius 1 is 1.15 bits per heavy atom. The predicted octanol–water partition coefficient (Wildman–Crippen LogP) is 1.58. The average molecular weight is 362 g/mol. The van der Waals surface area contributed by atoms with Crippen LogP contribution in [0.3, 0.4) is 0 Å². The first-order valence-electron chi connectivity index (χ1n) is 8.13. The summed E-state index contributed by atoms with van der Waals surface area (Å²) >= 11 is 0. The van der Waals surface area contributed by atoms with E-state index in [2.05, 4.69) is 10.6 Å². The van der Waals surface area contributed by atoms with Crippen LogP contribution in [0.2, 0.25) is 0 Å². The van der Waals surface area contributed by atoms with Crippen LogP contribution in [-0.2, 0) is 23.8 Å². The normalized spacial score (nSPS) is 15.7. The smallest absolute Gasteiger partial charge is 0.350 e. The molecule has 0 spiro atoms. The number of anilines is 1. The standard InChI is InChI=1S/C18H22N2O6/c1-18(2)25-16(22)14(17(23)26-18)11-20-13-7-5-12(6-8-13)15(21)19-9-4-10-24-3/h5-8,11,20H,4,9-10H2,1-3H3,(H,19,21). The maximum atomic E-state index is 12.0. The lowest BCUT2D eigenvalue weighted by atomic mass is 10.2. The van der Waals surface area contributed by atoms with Gasteiger partial charge in [0.15, 0.2) is 5.57 Å². The van der Waals surface area contributed by atoms with Gasteiger partial charge in [0.25, 0.3) is 11.7 Å². The first-order chi connectivity index (χ1) is 12.3. The molecule has 26 heavy (non-hydrogen) atoms. The van der Waals surface area contributed by atoms with Crippen LogP contribution in [0.1, 0.15) is 30.6 Å². The van der Waals surface area contributed by atoms with Crippen LogP contribution in [0.15, 0.2) is 36.0 Å². The highest BCUT2D eigenvalue weighted by Crippen LogP contribution is 2.22. The van der Waals surface area contributed by atoms with Gasteiger partial charge in [0, 0.05) is 51.6 Å². The van der Waals surface area contributed by atoms with Crippen LogP contribution in [0.25, 0.3) is 0 Å². The van der Waals surface area contributed by atoms with Crippen LogP contribution in [0, 0.1) is 0 Å². The number of benzene rings is 1. The number of nitrogens with one attached hydrogen (secondary N) is 2. The predicted molar refractivity (Wildman–Crippen MR) is 93.2 cm³/mol. The second-order valence-corrected chi connectivity index (χ2v) is 6.06. The fourth-order valence-electron chi connectivity index (χ4n) is 2.17. The maximum absolute atomic E-state index is 12.0. The van der Waals surface area contributed by atoms with Gasteiger partial charge < -0.3 is 24.8 Å². The largest absolute Gasteiger partial charge is 0.419 e. The minimum atomic E-state index is -1.27. The highest BCUT2D eigenvalue weighted by atomic mass is 16.7. The average Bonchev–Trinajstić information content (AvgIpc) is 2.57. The molecule has 1 amide bonds. The third-order valence-corrected chi connectivity index (χ3v) is 3.46. The Bertz CT molecular complexity index is 687. The number of esters is 2. The fourth-order valence-corrected chi connectivity index (χ4v) is 2.17. The molecule has 1 saturated heterocycles. The van der Waals surface area contributed by atoms with Crippen molar-refractivity contribution in [3.8, 4) is 0 Å². The lowest BCUT2D eigenvalue weighted by Crippen LogP contribution is -2.42. The van der Waals surface area contributed by atoms with Gasteiger partial charge in [-0.15, -0.1) is 0 Å². The fraction of sp³-hybridized carbons (Fsp3) is 0.389. The molecule has 1 fully saturated rings. The number of cyclic esters (lactones) is 2. The van der Waals surface area contributed by atoms with Crippen molar-refractivity contribution in [2.24, 2.45) is 0 Å². The summed E-state index contributed by atoms with van der Waals surface area (Å²) in [5.41, 5.74) is 0.863. The molecule has 0 atom stereocenters. The molecule has 8 heteroatoms. The molecule has 0 bridgehead atoms. The molecule has 1 aromatic rings. The van der Waals surface area contributed by atoms with E-state index in [9.17, 15) is 14.4 Å². The lowest BCUT2D eigenvalue weighted by molar-refractivity contribution is -0.222. The molecular weight excluding hydrogens is 340 g/mol. The molecule has 1 heterocycles. The van der Waals surface area contributed by atoms with Gasteiger partial charge in [-0.3, -0.25) is 4.79 Å². The van der Waals surface area contributed by atoms with Crippen molar-refractivity contribution in [3.05, 3.63) is 41.6 Å². The van der Waals surface area contributed by atoms with Crippen LogP contribution in [-0.4, -0.2) is 43.9 Å². The number of rotatable bonds is 7. The van der Waals surface area contributed by atoms with E-state index in [0.29, 0.717) is 24.4 Å². The SMILES string of the molecule is COCCCNC(=O)c1ccc(NC=C2C(=O)OC(C)(C)OC2=O)cc1. The Hall–Kier alpha value is -2.87. The van der Waals surface area contributed by atoms with E-state index in [-0.39, 0.29) is 11.5 Å². The van der Waals surface area contributed by atoms with Crippen molar-refractivity contribution in [2.45, 2.75) is 26.1 Å². The third-order valence-electron chi connectivity index (χ3n) is 3.46. The monoisotopic (exact) mass is 362 g/mol. The second kappa shape index (κ2) is 8.48. The molecule has 0 unspecified atom stereocenters. The third kappa shape index (κ3) is 5.32. The van der Waals surface area contributed by atoms with Gasteiger partial charge in [0.05, 0.1) is 0 Å². The zero-order valence-corrected chi connectivity index (χ0v) is 15.0. The quantitative estimate of drug-likeness (QED) is 0.328. The zero-order valence-electron chi connectivity index (χ0n) is 15.0. The topological polar surface area (TPSA) is 103 Å². The summed E-state index contributed by atoms with van der Waals surface area (Å²) in [7, 11) is 1.61. The molecule has 0 aromatic heterocycles. The number of carbonyl (C=O) groups excluding carboxylic acids is 3.